The van der Waals surface area contributed by atoms with Gasteiger partial charge in [0.2, 0.25) is 9.76 Å². The lowest BCUT2D eigenvalue weighted by Gasteiger charge is -2.36. The van der Waals surface area contributed by atoms with Gasteiger partial charge >= 0.3 is 0 Å². The standard InChI is InChI=1S/C30H34O2Si/c1-29(2,28(23-12-6-4-7-13-23)24-14-8-5-9-15-24)33-32-26-17-18-27-25(22-26)16-10-19-30(27,3)20-11-21-31/h4-9,11-15,17-18,20-22,28H,10,16,19,33H2,1-3H3/b20-11+. The first-order valence-corrected chi connectivity index (χ1v) is 13.2. The molecule has 0 amide bonds. The van der Waals surface area contributed by atoms with Crippen molar-refractivity contribution in [2.75, 3.05) is 0 Å². The summed E-state index contributed by atoms with van der Waals surface area (Å²) in [7, 11) is -0.920. The molecule has 1 aliphatic carbocycles. The van der Waals surface area contributed by atoms with E-state index in [9.17, 15) is 4.79 Å². The zero-order valence-corrected chi connectivity index (χ0v) is 21.4. The van der Waals surface area contributed by atoms with Crippen molar-refractivity contribution in [1.29, 1.82) is 0 Å². The lowest BCUT2D eigenvalue weighted by Crippen LogP contribution is -2.28. The zero-order chi connectivity index (χ0) is 23.3. The second kappa shape index (κ2) is 9.92. The maximum absolute atomic E-state index is 10.9. The summed E-state index contributed by atoms with van der Waals surface area (Å²) in [6.07, 6.45) is 7.84. The maximum atomic E-state index is 10.9. The number of hydrogen-bond donors (Lipinski definition) is 0. The van der Waals surface area contributed by atoms with Gasteiger partial charge in [0.15, 0.2) is 0 Å². The van der Waals surface area contributed by atoms with E-state index in [1.807, 2.05) is 0 Å². The third kappa shape index (κ3) is 5.20. The molecule has 0 aliphatic heterocycles. The van der Waals surface area contributed by atoms with E-state index in [0.717, 1.165) is 31.3 Å². The molecule has 1 atom stereocenters. The summed E-state index contributed by atoms with van der Waals surface area (Å²) >= 11 is 0. The van der Waals surface area contributed by atoms with Crippen LogP contribution < -0.4 is 4.43 Å². The highest BCUT2D eigenvalue weighted by molar-refractivity contribution is 6.33. The Balaban J connectivity index is 1.57. The third-order valence-electron chi connectivity index (χ3n) is 7.04. The van der Waals surface area contributed by atoms with E-state index < -0.39 is 9.76 Å². The van der Waals surface area contributed by atoms with Crippen molar-refractivity contribution in [3.8, 4) is 5.75 Å². The number of carbonyl (C=O) groups is 1. The van der Waals surface area contributed by atoms with Gasteiger partial charge in [-0.3, -0.25) is 4.79 Å². The summed E-state index contributed by atoms with van der Waals surface area (Å²) in [5.74, 6) is 1.28. The molecule has 3 heteroatoms. The Bertz CT molecular complexity index is 1070. The van der Waals surface area contributed by atoms with E-state index in [4.69, 9.17) is 4.43 Å². The van der Waals surface area contributed by atoms with Gasteiger partial charge in [0.25, 0.3) is 0 Å². The van der Waals surface area contributed by atoms with Gasteiger partial charge in [-0.05, 0) is 64.8 Å². The highest BCUT2D eigenvalue weighted by Crippen LogP contribution is 2.46. The Morgan fingerprint density at radius 2 is 1.61 bits per heavy atom. The minimum atomic E-state index is -0.920. The molecular weight excluding hydrogens is 420 g/mol. The molecule has 4 rings (SSSR count). The van der Waals surface area contributed by atoms with Gasteiger partial charge in [-0.25, -0.2) is 0 Å². The Morgan fingerprint density at radius 1 is 0.970 bits per heavy atom. The quantitative estimate of drug-likeness (QED) is 0.220. The predicted molar refractivity (Wildman–Crippen MR) is 140 cm³/mol. The molecule has 0 fully saturated rings. The molecule has 3 aromatic carbocycles. The van der Waals surface area contributed by atoms with Crippen LogP contribution in [-0.4, -0.2) is 16.0 Å². The van der Waals surface area contributed by atoms with Gasteiger partial charge in [0.1, 0.15) is 12.0 Å². The second-order valence-corrected chi connectivity index (χ2v) is 12.5. The first kappa shape index (κ1) is 23.3. The van der Waals surface area contributed by atoms with Crippen molar-refractivity contribution in [3.63, 3.8) is 0 Å². The summed E-state index contributed by atoms with van der Waals surface area (Å²) in [5.41, 5.74) is 5.29. The van der Waals surface area contributed by atoms with Crippen LogP contribution in [0.1, 0.15) is 61.8 Å². The number of aldehydes is 1. The van der Waals surface area contributed by atoms with Gasteiger partial charge in [-0.15, -0.1) is 0 Å². The van der Waals surface area contributed by atoms with Crippen LogP contribution in [0.3, 0.4) is 0 Å². The maximum Gasteiger partial charge on any atom is 0.226 e. The number of aryl methyl sites for hydroxylation is 1. The van der Waals surface area contributed by atoms with Crippen molar-refractivity contribution < 1.29 is 9.22 Å². The third-order valence-corrected chi connectivity index (χ3v) is 8.66. The molecule has 0 aromatic heterocycles. The molecule has 0 N–H and O–H groups in total. The minimum Gasteiger partial charge on any atom is -0.549 e. The Labute approximate surface area is 200 Å². The predicted octanol–water partition coefficient (Wildman–Crippen LogP) is 6.53. The molecule has 0 bridgehead atoms. The summed E-state index contributed by atoms with van der Waals surface area (Å²) < 4.78 is 6.57. The van der Waals surface area contributed by atoms with Gasteiger partial charge in [0.05, 0.1) is 0 Å². The van der Waals surface area contributed by atoms with Crippen LogP contribution in [0.25, 0.3) is 0 Å². The average Bonchev–Trinajstić information content (AvgIpc) is 2.83. The fourth-order valence-corrected chi connectivity index (χ4v) is 6.72. The van der Waals surface area contributed by atoms with E-state index in [1.54, 1.807) is 6.08 Å². The summed E-state index contributed by atoms with van der Waals surface area (Å²) in [6, 6.07) is 28.2. The van der Waals surface area contributed by atoms with E-state index in [-0.39, 0.29) is 10.5 Å². The van der Waals surface area contributed by atoms with Gasteiger partial charge < -0.3 is 4.43 Å². The van der Waals surface area contributed by atoms with Crippen LogP contribution in [0.5, 0.6) is 5.75 Å². The monoisotopic (exact) mass is 454 g/mol. The molecule has 33 heavy (non-hydrogen) atoms. The molecule has 2 nitrogen and oxygen atoms in total. The summed E-state index contributed by atoms with van der Waals surface area (Å²) in [4.78, 5) is 10.9. The number of fused-ring (bicyclic) bond motifs is 1. The number of carbonyl (C=O) groups excluding carboxylic acids is 1. The fourth-order valence-electron chi connectivity index (χ4n) is 5.37. The van der Waals surface area contributed by atoms with E-state index in [1.165, 1.54) is 22.3 Å². The highest BCUT2D eigenvalue weighted by Gasteiger charge is 2.34. The number of rotatable bonds is 8. The lowest BCUT2D eigenvalue weighted by atomic mass is 9.71. The molecule has 1 aliphatic rings. The van der Waals surface area contributed by atoms with E-state index >= 15 is 0 Å². The molecular formula is C30H34O2Si. The molecule has 0 heterocycles. The molecule has 0 saturated heterocycles. The van der Waals surface area contributed by atoms with Crippen LogP contribution in [-0.2, 0) is 16.6 Å². The first-order valence-electron chi connectivity index (χ1n) is 11.9. The topological polar surface area (TPSA) is 26.3 Å². The number of allylic oxidation sites excluding steroid dienone is 2. The average molecular weight is 455 g/mol. The molecule has 0 spiro atoms. The minimum absolute atomic E-state index is 0.0276. The largest absolute Gasteiger partial charge is 0.549 e. The van der Waals surface area contributed by atoms with Gasteiger partial charge in [-0.2, -0.15) is 0 Å². The molecule has 3 aromatic rings. The molecule has 0 saturated carbocycles. The Hall–Kier alpha value is -2.91. The zero-order valence-electron chi connectivity index (χ0n) is 20.0. The first-order chi connectivity index (χ1) is 15.9. The van der Waals surface area contributed by atoms with Crippen LogP contribution in [0.4, 0.5) is 0 Å². The van der Waals surface area contributed by atoms with Crippen LogP contribution in [0.15, 0.2) is 91.0 Å². The van der Waals surface area contributed by atoms with Crippen molar-refractivity contribution in [1.82, 2.24) is 0 Å². The molecule has 170 valence electrons. The van der Waals surface area contributed by atoms with Crippen molar-refractivity contribution in [3.05, 3.63) is 113 Å². The smallest absolute Gasteiger partial charge is 0.226 e. The molecule has 1 unspecified atom stereocenters. The van der Waals surface area contributed by atoms with E-state index in [0.29, 0.717) is 5.92 Å². The van der Waals surface area contributed by atoms with Crippen LogP contribution >= 0.6 is 0 Å². The summed E-state index contributed by atoms with van der Waals surface area (Å²) in [6.45, 7) is 6.93. The van der Waals surface area contributed by atoms with Crippen LogP contribution in [0.2, 0.25) is 5.04 Å². The van der Waals surface area contributed by atoms with E-state index in [2.05, 4.69) is 106 Å². The normalized spacial score (nSPS) is 18.7. The molecule has 0 radical (unpaired) electrons. The fraction of sp³-hybridized carbons (Fsp3) is 0.300. The van der Waals surface area contributed by atoms with Crippen molar-refractivity contribution in [2.45, 2.75) is 56.4 Å². The van der Waals surface area contributed by atoms with Crippen molar-refractivity contribution >= 4 is 16.0 Å². The van der Waals surface area contributed by atoms with Gasteiger partial charge in [-0.1, -0.05) is 93.6 Å². The SMILES string of the molecule is CC1(/C=C/C=O)CCCc2cc(O[SiH2]C(C)(C)C(c3ccccc3)c3ccccc3)ccc21. The Kier molecular flexibility index (Phi) is 6.99. The van der Waals surface area contributed by atoms with Crippen LogP contribution in [0, 0.1) is 0 Å². The lowest BCUT2D eigenvalue weighted by molar-refractivity contribution is -0.104. The summed E-state index contributed by atoms with van der Waals surface area (Å²) in [5, 5.41) is 0.0276. The number of hydrogen-bond acceptors (Lipinski definition) is 2. The Morgan fingerprint density at radius 3 is 2.21 bits per heavy atom. The van der Waals surface area contributed by atoms with Crippen molar-refractivity contribution in [2.24, 2.45) is 0 Å². The highest BCUT2D eigenvalue weighted by atomic mass is 28.2. The number of benzene rings is 3. The second-order valence-electron chi connectivity index (χ2n) is 10.1. The van der Waals surface area contributed by atoms with Gasteiger partial charge in [0, 0.05) is 11.3 Å².